The summed E-state index contributed by atoms with van der Waals surface area (Å²) in [7, 11) is 0. The molecule has 0 aliphatic heterocycles. The van der Waals surface area contributed by atoms with Gasteiger partial charge in [0, 0.05) is 17.8 Å². The number of benzene rings is 2. The van der Waals surface area contributed by atoms with Gasteiger partial charge in [-0.25, -0.2) is 4.39 Å². The minimum absolute atomic E-state index is 0.169. The summed E-state index contributed by atoms with van der Waals surface area (Å²) in [5.41, 5.74) is 1.57. The fourth-order valence-electron chi connectivity index (χ4n) is 2.57. The number of halogens is 1. The van der Waals surface area contributed by atoms with E-state index in [2.05, 4.69) is 27.0 Å². The third-order valence-corrected chi connectivity index (χ3v) is 4.91. The number of unbranched alkanes of at least 4 members (excludes halogenated alkanes) is 1. The van der Waals surface area contributed by atoms with Crippen molar-refractivity contribution in [1.29, 1.82) is 0 Å². The van der Waals surface area contributed by atoms with Gasteiger partial charge in [-0.1, -0.05) is 55.4 Å². The molecule has 0 bridgehead atoms. The number of carbonyl (C=O) groups excluding carboxylic acids is 1. The zero-order valence-corrected chi connectivity index (χ0v) is 15.9. The number of rotatable bonds is 8. The predicted octanol–water partition coefficient (Wildman–Crippen LogP) is 4.62. The summed E-state index contributed by atoms with van der Waals surface area (Å²) in [5.74, 6) is 0.513. The van der Waals surface area contributed by atoms with Gasteiger partial charge in [0.2, 0.25) is 5.91 Å². The van der Waals surface area contributed by atoms with Crippen molar-refractivity contribution in [3.05, 3.63) is 60.4 Å². The van der Waals surface area contributed by atoms with E-state index in [9.17, 15) is 9.18 Å². The van der Waals surface area contributed by atoms with Crippen molar-refractivity contribution in [1.82, 2.24) is 14.8 Å². The lowest BCUT2D eigenvalue weighted by Gasteiger charge is -2.10. The van der Waals surface area contributed by atoms with E-state index >= 15 is 0 Å². The molecule has 3 aromatic rings. The Kier molecular flexibility index (Phi) is 6.59. The zero-order chi connectivity index (χ0) is 19.1. The van der Waals surface area contributed by atoms with Gasteiger partial charge in [0.25, 0.3) is 0 Å². The SMILES string of the molecule is CCCCn1c(SCC(=O)Nc2ccc(F)cc2)nnc1-c1ccccc1. The molecule has 0 fully saturated rings. The number of hydrogen-bond acceptors (Lipinski definition) is 4. The van der Waals surface area contributed by atoms with Crippen molar-refractivity contribution >= 4 is 23.4 Å². The van der Waals surface area contributed by atoms with E-state index in [0.717, 1.165) is 35.9 Å². The Morgan fingerprint density at radius 1 is 1.11 bits per heavy atom. The number of hydrogen-bond donors (Lipinski definition) is 1. The first-order valence-electron chi connectivity index (χ1n) is 8.84. The highest BCUT2D eigenvalue weighted by molar-refractivity contribution is 7.99. The summed E-state index contributed by atoms with van der Waals surface area (Å²) in [6.45, 7) is 2.94. The van der Waals surface area contributed by atoms with Gasteiger partial charge in [-0.2, -0.15) is 0 Å². The third-order valence-electron chi connectivity index (χ3n) is 3.94. The van der Waals surface area contributed by atoms with Crippen LogP contribution in [0.2, 0.25) is 0 Å². The fourth-order valence-corrected chi connectivity index (χ4v) is 3.34. The maximum absolute atomic E-state index is 12.9. The summed E-state index contributed by atoms with van der Waals surface area (Å²) >= 11 is 1.35. The molecule has 7 heteroatoms. The van der Waals surface area contributed by atoms with Gasteiger partial charge in [-0.15, -0.1) is 10.2 Å². The number of anilines is 1. The van der Waals surface area contributed by atoms with Gasteiger partial charge < -0.3 is 9.88 Å². The van der Waals surface area contributed by atoms with E-state index in [1.54, 1.807) is 0 Å². The van der Waals surface area contributed by atoms with E-state index in [1.807, 2.05) is 30.3 Å². The van der Waals surface area contributed by atoms with Gasteiger partial charge in [0.15, 0.2) is 11.0 Å². The normalized spacial score (nSPS) is 10.7. The van der Waals surface area contributed by atoms with Crippen LogP contribution in [0, 0.1) is 5.82 Å². The van der Waals surface area contributed by atoms with Gasteiger partial charge in [0.05, 0.1) is 5.75 Å². The van der Waals surface area contributed by atoms with Gasteiger partial charge in [-0.05, 0) is 30.7 Å². The van der Waals surface area contributed by atoms with Crippen molar-refractivity contribution in [2.24, 2.45) is 0 Å². The van der Waals surface area contributed by atoms with Crippen LogP contribution < -0.4 is 5.32 Å². The number of carbonyl (C=O) groups is 1. The van der Waals surface area contributed by atoms with Crippen molar-refractivity contribution in [2.45, 2.75) is 31.5 Å². The molecule has 0 aliphatic carbocycles. The molecule has 1 N–H and O–H groups in total. The highest BCUT2D eigenvalue weighted by Gasteiger charge is 2.15. The lowest BCUT2D eigenvalue weighted by Crippen LogP contribution is -2.14. The molecule has 3 rings (SSSR count). The topological polar surface area (TPSA) is 59.8 Å². The second-order valence-corrected chi connectivity index (χ2v) is 6.96. The molecule has 0 radical (unpaired) electrons. The lowest BCUT2D eigenvalue weighted by molar-refractivity contribution is -0.113. The minimum Gasteiger partial charge on any atom is -0.325 e. The first-order valence-corrected chi connectivity index (χ1v) is 9.82. The summed E-state index contributed by atoms with van der Waals surface area (Å²) in [6.07, 6.45) is 2.06. The molecule has 0 aliphatic rings. The number of aromatic nitrogens is 3. The first kappa shape index (κ1) is 19.1. The Hall–Kier alpha value is -2.67. The predicted molar refractivity (Wildman–Crippen MR) is 106 cm³/mol. The highest BCUT2D eigenvalue weighted by atomic mass is 32.2. The van der Waals surface area contributed by atoms with Crippen molar-refractivity contribution in [3.63, 3.8) is 0 Å². The molecular weight excluding hydrogens is 363 g/mol. The molecule has 27 heavy (non-hydrogen) atoms. The molecule has 1 heterocycles. The van der Waals surface area contributed by atoms with E-state index in [1.165, 1.54) is 36.0 Å². The molecule has 2 aromatic carbocycles. The summed E-state index contributed by atoms with van der Waals surface area (Å²) in [5, 5.41) is 12.1. The Balaban J connectivity index is 1.69. The Morgan fingerprint density at radius 2 is 1.85 bits per heavy atom. The van der Waals surface area contributed by atoms with Gasteiger partial charge in [-0.3, -0.25) is 4.79 Å². The van der Waals surface area contributed by atoms with E-state index in [0.29, 0.717) is 5.69 Å². The van der Waals surface area contributed by atoms with Crippen LogP contribution in [0.4, 0.5) is 10.1 Å². The standard InChI is InChI=1S/C20H21FN4OS/c1-2-3-13-25-19(15-7-5-4-6-8-15)23-24-20(25)27-14-18(26)22-17-11-9-16(21)10-12-17/h4-12H,2-3,13-14H2,1H3,(H,22,26). The number of amides is 1. The van der Waals surface area contributed by atoms with Crippen LogP contribution in [0.5, 0.6) is 0 Å². The summed E-state index contributed by atoms with van der Waals surface area (Å²) < 4.78 is 15.0. The van der Waals surface area contributed by atoms with Crippen LogP contribution in [0.15, 0.2) is 59.8 Å². The van der Waals surface area contributed by atoms with E-state index in [4.69, 9.17) is 0 Å². The van der Waals surface area contributed by atoms with Crippen LogP contribution in [0.1, 0.15) is 19.8 Å². The molecule has 0 spiro atoms. The average Bonchev–Trinajstić information content (AvgIpc) is 3.10. The van der Waals surface area contributed by atoms with Crippen molar-refractivity contribution in [3.8, 4) is 11.4 Å². The molecule has 5 nitrogen and oxygen atoms in total. The Morgan fingerprint density at radius 3 is 2.56 bits per heavy atom. The fraction of sp³-hybridized carbons (Fsp3) is 0.250. The van der Waals surface area contributed by atoms with E-state index in [-0.39, 0.29) is 17.5 Å². The van der Waals surface area contributed by atoms with Crippen LogP contribution >= 0.6 is 11.8 Å². The van der Waals surface area contributed by atoms with Crippen LogP contribution in [-0.4, -0.2) is 26.4 Å². The number of nitrogens with zero attached hydrogens (tertiary/aromatic N) is 3. The van der Waals surface area contributed by atoms with Crippen molar-refractivity contribution < 1.29 is 9.18 Å². The molecule has 1 amide bonds. The molecule has 1 aromatic heterocycles. The molecule has 0 atom stereocenters. The molecule has 0 saturated heterocycles. The largest absolute Gasteiger partial charge is 0.325 e. The molecule has 140 valence electrons. The van der Waals surface area contributed by atoms with Crippen molar-refractivity contribution in [2.75, 3.05) is 11.1 Å². The van der Waals surface area contributed by atoms with E-state index < -0.39 is 0 Å². The first-order chi connectivity index (χ1) is 13.2. The third kappa shape index (κ3) is 5.17. The lowest BCUT2D eigenvalue weighted by atomic mass is 10.2. The highest BCUT2D eigenvalue weighted by Crippen LogP contribution is 2.24. The zero-order valence-electron chi connectivity index (χ0n) is 15.1. The summed E-state index contributed by atoms with van der Waals surface area (Å²) in [4.78, 5) is 12.2. The van der Waals surface area contributed by atoms with Crippen LogP contribution in [0.25, 0.3) is 11.4 Å². The van der Waals surface area contributed by atoms with Gasteiger partial charge >= 0.3 is 0 Å². The minimum atomic E-state index is -0.333. The van der Waals surface area contributed by atoms with Gasteiger partial charge in [0.1, 0.15) is 5.82 Å². The monoisotopic (exact) mass is 384 g/mol. The Labute approximate surface area is 162 Å². The molecular formula is C20H21FN4OS. The Bertz CT molecular complexity index is 881. The maximum Gasteiger partial charge on any atom is 0.234 e. The summed E-state index contributed by atoms with van der Waals surface area (Å²) in [6, 6.07) is 15.6. The number of nitrogens with one attached hydrogen (secondary N) is 1. The van der Waals surface area contributed by atoms with Crippen LogP contribution in [0.3, 0.4) is 0 Å². The average molecular weight is 384 g/mol. The second-order valence-electron chi connectivity index (χ2n) is 6.02. The molecule has 0 saturated carbocycles. The molecule has 0 unspecified atom stereocenters. The number of thioether (sulfide) groups is 1. The van der Waals surface area contributed by atoms with Crippen LogP contribution in [-0.2, 0) is 11.3 Å². The quantitative estimate of drug-likeness (QED) is 0.576. The second kappa shape index (κ2) is 9.32. The smallest absolute Gasteiger partial charge is 0.234 e. The maximum atomic E-state index is 12.9.